The molecule has 0 saturated carbocycles. The van der Waals surface area contributed by atoms with Crippen LogP contribution in [-0.2, 0) is 0 Å². The first-order valence-corrected chi connectivity index (χ1v) is 8.26. The quantitative estimate of drug-likeness (QED) is 0.459. The zero-order valence-corrected chi connectivity index (χ0v) is 15.0. The van der Waals surface area contributed by atoms with Gasteiger partial charge < -0.3 is 4.42 Å². The molecule has 1 heterocycles. The van der Waals surface area contributed by atoms with Gasteiger partial charge in [0.2, 0.25) is 0 Å². The highest BCUT2D eigenvalue weighted by Crippen LogP contribution is 2.36. The molecule has 0 bridgehead atoms. The van der Waals surface area contributed by atoms with Crippen LogP contribution in [0.3, 0.4) is 0 Å². The molecular weight excluding hydrogens is 392 g/mol. The predicted octanol–water partition coefficient (Wildman–Crippen LogP) is 6.76. The Hall–Kier alpha value is -1.32. The van der Waals surface area contributed by atoms with Crippen molar-refractivity contribution >= 4 is 31.9 Å². The van der Waals surface area contributed by atoms with Gasteiger partial charge in [-0.15, -0.1) is 0 Å². The molecule has 1 nitrogen and oxygen atoms in total. The van der Waals surface area contributed by atoms with Gasteiger partial charge in [-0.2, -0.15) is 0 Å². The van der Waals surface area contributed by atoms with Gasteiger partial charge in [0.25, 0.3) is 0 Å². The Kier molecular flexibility index (Phi) is 4.05. The SMILES string of the molecule is Cc1c(-c2ccc(Br)cc2)oc(-c2ccc(Br)cc2)c1C. The molecule has 0 aliphatic heterocycles. The van der Waals surface area contributed by atoms with Gasteiger partial charge in [0.1, 0.15) is 11.5 Å². The molecule has 21 heavy (non-hydrogen) atoms. The monoisotopic (exact) mass is 404 g/mol. The van der Waals surface area contributed by atoms with Crippen LogP contribution in [0.4, 0.5) is 0 Å². The van der Waals surface area contributed by atoms with E-state index >= 15 is 0 Å². The van der Waals surface area contributed by atoms with Crippen LogP contribution in [0.1, 0.15) is 11.1 Å². The summed E-state index contributed by atoms with van der Waals surface area (Å²) >= 11 is 6.93. The fourth-order valence-electron chi connectivity index (χ4n) is 2.35. The Bertz CT molecular complexity index is 702. The van der Waals surface area contributed by atoms with E-state index in [1.54, 1.807) is 0 Å². The summed E-state index contributed by atoms with van der Waals surface area (Å²) in [6, 6.07) is 16.4. The van der Waals surface area contributed by atoms with Crippen molar-refractivity contribution in [3.8, 4) is 22.6 Å². The third kappa shape index (κ3) is 2.85. The third-order valence-electron chi connectivity index (χ3n) is 3.66. The molecule has 0 fully saturated rings. The van der Waals surface area contributed by atoms with Crippen molar-refractivity contribution in [2.75, 3.05) is 0 Å². The molecule has 106 valence electrons. The van der Waals surface area contributed by atoms with E-state index in [0.717, 1.165) is 31.6 Å². The summed E-state index contributed by atoms with van der Waals surface area (Å²) in [6.07, 6.45) is 0. The van der Waals surface area contributed by atoms with Gasteiger partial charge in [-0.3, -0.25) is 0 Å². The Morgan fingerprint density at radius 1 is 0.619 bits per heavy atom. The van der Waals surface area contributed by atoms with E-state index in [-0.39, 0.29) is 0 Å². The molecule has 0 spiro atoms. The van der Waals surface area contributed by atoms with Crippen LogP contribution in [-0.4, -0.2) is 0 Å². The van der Waals surface area contributed by atoms with Crippen molar-refractivity contribution in [1.82, 2.24) is 0 Å². The first-order chi connectivity index (χ1) is 10.1. The Balaban J connectivity index is 2.11. The number of rotatable bonds is 2. The Morgan fingerprint density at radius 2 is 0.952 bits per heavy atom. The minimum Gasteiger partial charge on any atom is -0.456 e. The molecule has 2 aromatic carbocycles. The van der Waals surface area contributed by atoms with Crippen LogP contribution in [0.5, 0.6) is 0 Å². The van der Waals surface area contributed by atoms with Crippen molar-refractivity contribution < 1.29 is 4.42 Å². The summed E-state index contributed by atoms with van der Waals surface area (Å²) in [5.41, 5.74) is 4.58. The highest BCUT2D eigenvalue weighted by molar-refractivity contribution is 9.10. The van der Waals surface area contributed by atoms with Crippen LogP contribution in [0.15, 0.2) is 61.9 Å². The Morgan fingerprint density at radius 3 is 1.29 bits per heavy atom. The van der Waals surface area contributed by atoms with Crippen molar-refractivity contribution in [1.29, 1.82) is 0 Å². The van der Waals surface area contributed by atoms with Gasteiger partial charge >= 0.3 is 0 Å². The van der Waals surface area contributed by atoms with E-state index in [0.29, 0.717) is 0 Å². The van der Waals surface area contributed by atoms with E-state index in [9.17, 15) is 0 Å². The van der Waals surface area contributed by atoms with Crippen LogP contribution >= 0.6 is 31.9 Å². The molecule has 3 rings (SSSR count). The standard InChI is InChI=1S/C18H14Br2O/c1-11-12(2)18(14-5-9-16(20)10-6-14)21-17(11)13-3-7-15(19)8-4-13/h3-10H,1-2H3. The lowest BCUT2D eigenvalue weighted by Gasteiger charge is -2.00. The van der Waals surface area contributed by atoms with Crippen LogP contribution in [0, 0.1) is 13.8 Å². The average molecular weight is 406 g/mol. The summed E-state index contributed by atoms with van der Waals surface area (Å²) in [4.78, 5) is 0. The predicted molar refractivity (Wildman–Crippen MR) is 94.5 cm³/mol. The van der Waals surface area contributed by atoms with Crippen molar-refractivity contribution in [3.63, 3.8) is 0 Å². The molecular formula is C18H14Br2O. The van der Waals surface area contributed by atoms with E-state index < -0.39 is 0 Å². The maximum atomic E-state index is 6.17. The van der Waals surface area contributed by atoms with Crippen LogP contribution < -0.4 is 0 Å². The maximum absolute atomic E-state index is 6.17. The average Bonchev–Trinajstić information content (AvgIpc) is 2.78. The van der Waals surface area contributed by atoms with E-state index in [1.165, 1.54) is 11.1 Å². The Labute approximate surface area is 141 Å². The second kappa shape index (κ2) is 5.82. The van der Waals surface area contributed by atoms with Crippen molar-refractivity contribution in [3.05, 3.63) is 68.6 Å². The molecule has 0 atom stereocenters. The fourth-order valence-corrected chi connectivity index (χ4v) is 2.88. The molecule has 0 amide bonds. The topological polar surface area (TPSA) is 13.1 Å². The first-order valence-electron chi connectivity index (χ1n) is 6.68. The second-order valence-electron chi connectivity index (χ2n) is 5.02. The first kappa shape index (κ1) is 14.6. The van der Waals surface area contributed by atoms with E-state index in [2.05, 4.69) is 70.0 Å². The van der Waals surface area contributed by atoms with Gasteiger partial charge in [0.05, 0.1) is 0 Å². The van der Waals surface area contributed by atoms with Gasteiger partial charge in [-0.05, 0) is 49.2 Å². The molecule has 0 N–H and O–H groups in total. The zero-order valence-electron chi connectivity index (χ0n) is 11.8. The van der Waals surface area contributed by atoms with Crippen molar-refractivity contribution in [2.45, 2.75) is 13.8 Å². The summed E-state index contributed by atoms with van der Waals surface area (Å²) in [7, 11) is 0. The van der Waals surface area contributed by atoms with Gasteiger partial charge in [0, 0.05) is 20.1 Å². The molecule has 0 aliphatic rings. The fraction of sp³-hybridized carbons (Fsp3) is 0.111. The molecule has 3 aromatic rings. The van der Waals surface area contributed by atoms with Crippen LogP contribution in [0.2, 0.25) is 0 Å². The molecule has 3 heteroatoms. The number of hydrogen-bond acceptors (Lipinski definition) is 1. The minimum absolute atomic E-state index is 0.943. The molecule has 0 radical (unpaired) electrons. The van der Waals surface area contributed by atoms with Gasteiger partial charge in [0.15, 0.2) is 0 Å². The lowest BCUT2D eigenvalue weighted by molar-refractivity contribution is 0.594. The lowest BCUT2D eigenvalue weighted by Crippen LogP contribution is -1.79. The number of furan rings is 1. The third-order valence-corrected chi connectivity index (χ3v) is 4.72. The minimum atomic E-state index is 0.943. The molecule has 0 saturated heterocycles. The zero-order chi connectivity index (χ0) is 15.0. The number of benzene rings is 2. The second-order valence-corrected chi connectivity index (χ2v) is 6.86. The summed E-state index contributed by atoms with van der Waals surface area (Å²) in [6.45, 7) is 4.22. The molecule has 0 aliphatic carbocycles. The van der Waals surface area contributed by atoms with Gasteiger partial charge in [-0.1, -0.05) is 56.1 Å². The highest BCUT2D eigenvalue weighted by atomic mass is 79.9. The van der Waals surface area contributed by atoms with E-state index in [1.807, 2.05) is 24.3 Å². The maximum Gasteiger partial charge on any atom is 0.137 e. The lowest BCUT2D eigenvalue weighted by atomic mass is 10.0. The normalized spacial score (nSPS) is 10.9. The molecule has 1 aromatic heterocycles. The summed E-state index contributed by atoms with van der Waals surface area (Å²) in [5, 5.41) is 0. The van der Waals surface area contributed by atoms with E-state index in [4.69, 9.17) is 4.42 Å². The van der Waals surface area contributed by atoms with Crippen LogP contribution in [0.25, 0.3) is 22.6 Å². The number of hydrogen-bond donors (Lipinski definition) is 0. The summed E-state index contributed by atoms with van der Waals surface area (Å²) < 4.78 is 8.31. The van der Waals surface area contributed by atoms with Gasteiger partial charge in [-0.25, -0.2) is 0 Å². The molecule has 0 unspecified atom stereocenters. The smallest absolute Gasteiger partial charge is 0.137 e. The number of halogens is 2. The largest absolute Gasteiger partial charge is 0.456 e. The summed E-state index contributed by atoms with van der Waals surface area (Å²) in [5.74, 6) is 1.89. The highest BCUT2D eigenvalue weighted by Gasteiger charge is 2.16. The van der Waals surface area contributed by atoms with Crippen molar-refractivity contribution in [2.24, 2.45) is 0 Å².